The van der Waals surface area contributed by atoms with E-state index in [0.717, 1.165) is 42.5 Å². The highest BCUT2D eigenvalue weighted by atomic mass is 16.5. The van der Waals surface area contributed by atoms with Crippen molar-refractivity contribution in [2.45, 2.75) is 12.5 Å². The molecule has 1 aliphatic rings. The molecule has 0 fully saturated rings. The number of hydrogen-bond donors (Lipinski definition) is 2. The lowest BCUT2D eigenvalue weighted by Crippen LogP contribution is -2.37. The molecule has 2 N–H and O–H groups in total. The average molecular weight is 325 g/mol. The summed E-state index contributed by atoms with van der Waals surface area (Å²) in [6.07, 6.45) is 0.769. The molecule has 0 spiro atoms. The molecule has 2 aromatic carbocycles. The van der Waals surface area contributed by atoms with Crippen molar-refractivity contribution in [1.82, 2.24) is 10.6 Å². The van der Waals surface area contributed by atoms with Crippen LogP contribution in [0.15, 0.2) is 53.5 Å². The molecule has 1 unspecified atom stereocenters. The van der Waals surface area contributed by atoms with Gasteiger partial charge in [-0.2, -0.15) is 0 Å². The van der Waals surface area contributed by atoms with Crippen molar-refractivity contribution in [3.8, 4) is 11.5 Å². The first-order valence-electron chi connectivity index (χ1n) is 8.11. The van der Waals surface area contributed by atoms with Gasteiger partial charge in [-0.25, -0.2) is 0 Å². The second-order valence-electron chi connectivity index (χ2n) is 5.62. The fourth-order valence-electron chi connectivity index (χ4n) is 2.93. The second kappa shape index (κ2) is 7.73. The molecule has 0 radical (unpaired) electrons. The highest BCUT2D eigenvalue weighted by Crippen LogP contribution is 2.33. The summed E-state index contributed by atoms with van der Waals surface area (Å²) >= 11 is 0. The predicted octanol–water partition coefficient (Wildman–Crippen LogP) is 2.54. The zero-order valence-electron chi connectivity index (χ0n) is 14.1. The van der Waals surface area contributed by atoms with Crippen molar-refractivity contribution in [3.63, 3.8) is 0 Å². The minimum Gasteiger partial charge on any atom is -0.493 e. The van der Waals surface area contributed by atoms with Gasteiger partial charge >= 0.3 is 0 Å². The fraction of sp³-hybridized carbons (Fsp3) is 0.316. The molecule has 0 amide bonds. The maximum atomic E-state index is 5.58. The molecule has 126 valence electrons. The van der Waals surface area contributed by atoms with Crippen LogP contribution in [0, 0.1) is 0 Å². The van der Waals surface area contributed by atoms with E-state index in [9.17, 15) is 0 Å². The van der Waals surface area contributed by atoms with Crippen LogP contribution in [-0.2, 0) is 6.42 Å². The van der Waals surface area contributed by atoms with Crippen LogP contribution in [0.1, 0.15) is 17.2 Å². The van der Waals surface area contributed by atoms with Gasteiger partial charge in [-0.15, -0.1) is 0 Å². The van der Waals surface area contributed by atoms with Crippen molar-refractivity contribution < 1.29 is 9.47 Å². The Morgan fingerprint density at radius 3 is 2.58 bits per heavy atom. The van der Waals surface area contributed by atoms with Gasteiger partial charge in [0.05, 0.1) is 26.8 Å². The molecular formula is C19H23N3O2. The topological polar surface area (TPSA) is 54.9 Å². The minimum absolute atomic E-state index is 0.0940. The molecule has 1 aliphatic heterocycles. The highest BCUT2D eigenvalue weighted by molar-refractivity contribution is 5.81. The quantitative estimate of drug-likeness (QED) is 0.857. The molecule has 0 saturated carbocycles. The first kappa shape index (κ1) is 16.2. The first-order valence-corrected chi connectivity index (χ1v) is 8.11. The second-order valence-corrected chi connectivity index (χ2v) is 5.62. The van der Waals surface area contributed by atoms with E-state index >= 15 is 0 Å². The number of benzene rings is 2. The predicted molar refractivity (Wildman–Crippen MR) is 95.9 cm³/mol. The zero-order chi connectivity index (χ0) is 16.8. The number of methoxy groups -OCH3 is 2. The Morgan fingerprint density at radius 1 is 1.08 bits per heavy atom. The van der Waals surface area contributed by atoms with Crippen molar-refractivity contribution in [2.24, 2.45) is 4.99 Å². The summed E-state index contributed by atoms with van der Waals surface area (Å²) in [6.45, 7) is 1.69. The van der Waals surface area contributed by atoms with E-state index in [1.807, 2.05) is 18.2 Å². The van der Waals surface area contributed by atoms with Gasteiger partial charge in [-0.05, 0) is 11.6 Å². The van der Waals surface area contributed by atoms with Crippen molar-refractivity contribution >= 4 is 5.96 Å². The Kier molecular flexibility index (Phi) is 5.21. The van der Waals surface area contributed by atoms with Gasteiger partial charge in [0.2, 0.25) is 0 Å². The molecule has 3 rings (SSSR count). The number of guanidine groups is 1. The Morgan fingerprint density at radius 2 is 1.92 bits per heavy atom. The molecule has 5 nitrogen and oxygen atoms in total. The third-order valence-corrected chi connectivity index (χ3v) is 4.10. The summed E-state index contributed by atoms with van der Waals surface area (Å²) in [5.41, 5.74) is 2.30. The third kappa shape index (κ3) is 3.62. The van der Waals surface area contributed by atoms with Crippen LogP contribution < -0.4 is 20.1 Å². The zero-order valence-corrected chi connectivity index (χ0v) is 14.1. The largest absolute Gasteiger partial charge is 0.493 e. The van der Waals surface area contributed by atoms with Crippen molar-refractivity contribution in [1.29, 1.82) is 0 Å². The lowest BCUT2D eigenvalue weighted by molar-refractivity contribution is 0.350. The summed E-state index contributed by atoms with van der Waals surface area (Å²) in [5, 5.41) is 6.79. The molecule has 1 atom stereocenters. The van der Waals surface area contributed by atoms with Crippen LogP contribution in [0.4, 0.5) is 0 Å². The summed E-state index contributed by atoms with van der Waals surface area (Å²) < 4.78 is 11.0. The smallest absolute Gasteiger partial charge is 0.191 e. The van der Waals surface area contributed by atoms with E-state index in [2.05, 4.69) is 46.0 Å². The van der Waals surface area contributed by atoms with E-state index in [1.54, 1.807) is 14.2 Å². The van der Waals surface area contributed by atoms with Crippen LogP contribution >= 0.6 is 0 Å². The van der Waals surface area contributed by atoms with Gasteiger partial charge < -0.3 is 20.1 Å². The van der Waals surface area contributed by atoms with Crippen LogP contribution in [-0.4, -0.2) is 33.3 Å². The van der Waals surface area contributed by atoms with Gasteiger partial charge in [-0.3, -0.25) is 4.99 Å². The standard InChI is InChI=1S/C19H23N3O2/c1-23-17-10-6-9-15(18(17)24-2)13-16(14-7-4-3-5-8-14)22-19-20-11-12-21-19/h3-10,16H,11-13H2,1-2H3,(H2,20,21,22). The normalized spacial score (nSPS) is 14.5. The maximum absolute atomic E-state index is 5.58. The van der Waals surface area contributed by atoms with Gasteiger partial charge in [0.25, 0.3) is 0 Å². The Bertz CT molecular complexity index is 701. The Balaban J connectivity index is 1.89. The van der Waals surface area contributed by atoms with E-state index in [1.165, 1.54) is 5.56 Å². The summed E-state index contributed by atoms with van der Waals surface area (Å²) in [4.78, 5) is 4.46. The van der Waals surface area contributed by atoms with Crippen LogP contribution in [0.2, 0.25) is 0 Å². The molecule has 2 aromatic rings. The molecule has 0 bridgehead atoms. The molecule has 5 heteroatoms. The van der Waals surface area contributed by atoms with E-state index in [0.29, 0.717) is 0 Å². The number of ether oxygens (including phenoxy) is 2. The lowest BCUT2D eigenvalue weighted by atomic mass is 9.98. The molecule has 0 aliphatic carbocycles. The maximum Gasteiger partial charge on any atom is 0.191 e. The fourth-order valence-corrected chi connectivity index (χ4v) is 2.93. The molecular weight excluding hydrogens is 302 g/mol. The van der Waals surface area contributed by atoms with Crippen molar-refractivity contribution in [2.75, 3.05) is 27.3 Å². The summed E-state index contributed by atoms with van der Waals surface area (Å²) in [6, 6.07) is 16.4. The number of hydrogen-bond acceptors (Lipinski definition) is 5. The summed E-state index contributed by atoms with van der Waals surface area (Å²) in [7, 11) is 3.33. The third-order valence-electron chi connectivity index (χ3n) is 4.10. The SMILES string of the molecule is COc1cccc(CC(NC2=NCCN2)c2ccccc2)c1OC. The van der Waals surface area contributed by atoms with Crippen LogP contribution in [0.5, 0.6) is 11.5 Å². The van der Waals surface area contributed by atoms with Crippen LogP contribution in [0.25, 0.3) is 0 Å². The van der Waals surface area contributed by atoms with E-state index in [4.69, 9.17) is 9.47 Å². The average Bonchev–Trinajstić information content (AvgIpc) is 3.14. The minimum atomic E-state index is 0.0940. The molecule has 0 aromatic heterocycles. The number of nitrogens with zero attached hydrogens (tertiary/aromatic N) is 1. The monoisotopic (exact) mass is 325 g/mol. The lowest BCUT2D eigenvalue weighted by Gasteiger charge is -2.22. The van der Waals surface area contributed by atoms with Gasteiger partial charge in [-0.1, -0.05) is 42.5 Å². The van der Waals surface area contributed by atoms with Crippen molar-refractivity contribution in [3.05, 3.63) is 59.7 Å². The molecule has 0 saturated heterocycles. The Hall–Kier alpha value is -2.69. The molecule has 1 heterocycles. The van der Waals surface area contributed by atoms with E-state index in [-0.39, 0.29) is 6.04 Å². The number of rotatable bonds is 6. The summed E-state index contributed by atoms with van der Waals surface area (Å²) in [5.74, 6) is 2.38. The number of aliphatic imine (C=N–C) groups is 1. The highest BCUT2D eigenvalue weighted by Gasteiger charge is 2.19. The Labute approximate surface area is 142 Å². The molecule has 24 heavy (non-hydrogen) atoms. The first-order chi connectivity index (χ1) is 11.8. The number of para-hydroxylation sites is 1. The number of nitrogens with one attached hydrogen (secondary N) is 2. The van der Waals surface area contributed by atoms with Gasteiger partial charge in [0.1, 0.15) is 0 Å². The van der Waals surface area contributed by atoms with Gasteiger partial charge in [0.15, 0.2) is 17.5 Å². The van der Waals surface area contributed by atoms with Gasteiger partial charge in [0, 0.05) is 18.5 Å². The van der Waals surface area contributed by atoms with E-state index < -0.39 is 0 Å². The van der Waals surface area contributed by atoms with Crippen LogP contribution in [0.3, 0.4) is 0 Å².